The molecule has 0 radical (unpaired) electrons. The standard InChI is InChI=1S/C17H18O3S/c1-12-4-9-16(13(2)10-12)17(18)11-21(19)15-7-5-14(20-3)6-8-15/h4-10H,11H2,1-3H3. The van der Waals surface area contributed by atoms with Crippen LogP contribution in [-0.4, -0.2) is 22.9 Å². The molecule has 0 aliphatic carbocycles. The first kappa shape index (κ1) is 15.4. The van der Waals surface area contributed by atoms with Crippen LogP contribution in [0.2, 0.25) is 0 Å². The van der Waals surface area contributed by atoms with E-state index < -0.39 is 10.8 Å². The van der Waals surface area contributed by atoms with Gasteiger partial charge in [-0.1, -0.05) is 23.8 Å². The molecule has 0 saturated heterocycles. The number of carbonyl (C=O) groups excluding carboxylic acids is 1. The molecule has 1 unspecified atom stereocenters. The Balaban J connectivity index is 2.12. The van der Waals surface area contributed by atoms with Crippen molar-refractivity contribution in [1.29, 1.82) is 0 Å². The Morgan fingerprint density at radius 1 is 1.10 bits per heavy atom. The molecular weight excluding hydrogens is 284 g/mol. The van der Waals surface area contributed by atoms with Gasteiger partial charge < -0.3 is 4.74 Å². The highest BCUT2D eigenvalue weighted by molar-refractivity contribution is 7.85. The summed E-state index contributed by atoms with van der Waals surface area (Å²) in [6.07, 6.45) is 0. The van der Waals surface area contributed by atoms with Gasteiger partial charge in [-0.3, -0.25) is 9.00 Å². The average molecular weight is 302 g/mol. The molecule has 4 heteroatoms. The van der Waals surface area contributed by atoms with E-state index in [2.05, 4.69) is 0 Å². The molecule has 2 aromatic carbocycles. The first-order valence-electron chi connectivity index (χ1n) is 6.64. The summed E-state index contributed by atoms with van der Waals surface area (Å²) in [5, 5.41) is 0. The molecule has 1 atom stereocenters. The summed E-state index contributed by atoms with van der Waals surface area (Å²) in [5.74, 6) is 0.606. The maximum atomic E-state index is 12.3. The zero-order valence-corrected chi connectivity index (χ0v) is 13.2. The van der Waals surface area contributed by atoms with Gasteiger partial charge in [-0.15, -0.1) is 0 Å². The second-order valence-corrected chi connectivity index (χ2v) is 6.36. The van der Waals surface area contributed by atoms with E-state index in [1.54, 1.807) is 37.4 Å². The summed E-state index contributed by atoms with van der Waals surface area (Å²) < 4.78 is 17.3. The van der Waals surface area contributed by atoms with E-state index in [1.165, 1.54) is 0 Å². The molecule has 110 valence electrons. The van der Waals surface area contributed by atoms with E-state index in [0.717, 1.165) is 11.1 Å². The van der Waals surface area contributed by atoms with Crippen molar-refractivity contribution >= 4 is 16.6 Å². The quantitative estimate of drug-likeness (QED) is 0.796. The minimum atomic E-state index is -1.34. The second-order valence-electron chi connectivity index (χ2n) is 4.91. The summed E-state index contributed by atoms with van der Waals surface area (Å²) in [6.45, 7) is 3.88. The monoisotopic (exact) mass is 302 g/mol. The van der Waals surface area contributed by atoms with Crippen molar-refractivity contribution in [3.63, 3.8) is 0 Å². The number of rotatable bonds is 5. The highest BCUT2D eigenvalue weighted by Gasteiger charge is 2.14. The van der Waals surface area contributed by atoms with Crippen LogP contribution in [0.25, 0.3) is 0 Å². The van der Waals surface area contributed by atoms with Crippen molar-refractivity contribution in [2.45, 2.75) is 18.7 Å². The first-order valence-corrected chi connectivity index (χ1v) is 7.96. The lowest BCUT2D eigenvalue weighted by Gasteiger charge is -2.07. The van der Waals surface area contributed by atoms with Crippen LogP contribution in [0, 0.1) is 13.8 Å². The van der Waals surface area contributed by atoms with Gasteiger partial charge in [-0.05, 0) is 43.7 Å². The number of methoxy groups -OCH3 is 1. The van der Waals surface area contributed by atoms with Crippen LogP contribution in [0.5, 0.6) is 5.75 Å². The van der Waals surface area contributed by atoms with E-state index in [-0.39, 0.29) is 11.5 Å². The highest BCUT2D eigenvalue weighted by atomic mass is 32.2. The maximum absolute atomic E-state index is 12.3. The van der Waals surface area contributed by atoms with Crippen LogP contribution in [0.4, 0.5) is 0 Å². The third kappa shape index (κ3) is 3.79. The Morgan fingerprint density at radius 3 is 2.33 bits per heavy atom. The van der Waals surface area contributed by atoms with Crippen molar-refractivity contribution in [3.8, 4) is 5.75 Å². The summed E-state index contributed by atoms with van der Waals surface area (Å²) in [5.41, 5.74) is 2.68. The highest BCUT2D eigenvalue weighted by Crippen LogP contribution is 2.16. The lowest BCUT2D eigenvalue weighted by molar-refractivity contribution is 0.102. The fourth-order valence-corrected chi connectivity index (χ4v) is 3.13. The summed E-state index contributed by atoms with van der Waals surface area (Å²) in [4.78, 5) is 12.9. The number of aryl methyl sites for hydroxylation is 2. The molecule has 0 fully saturated rings. The third-order valence-corrected chi connectivity index (χ3v) is 4.59. The Labute approximate surface area is 127 Å². The molecule has 0 aliphatic heterocycles. The van der Waals surface area contributed by atoms with Gasteiger partial charge in [0.25, 0.3) is 0 Å². The minimum Gasteiger partial charge on any atom is -0.497 e. The Bertz CT molecular complexity index is 675. The van der Waals surface area contributed by atoms with Crippen LogP contribution < -0.4 is 4.74 Å². The minimum absolute atomic E-state index is 0.00374. The fraction of sp³-hybridized carbons (Fsp3) is 0.235. The number of hydrogen-bond donors (Lipinski definition) is 0. The second kappa shape index (κ2) is 6.68. The Kier molecular flexibility index (Phi) is 4.91. The number of hydrogen-bond acceptors (Lipinski definition) is 3. The zero-order chi connectivity index (χ0) is 15.4. The fourth-order valence-electron chi connectivity index (χ4n) is 2.13. The van der Waals surface area contributed by atoms with Gasteiger partial charge in [0.05, 0.1) is 23.7 Å². The van der Waals surface area contributed by atoms with E-state index in [9.17, 15) is 9.00 Å². The summed E-state index contributed by atoms with van der Waals surface area (Å²) in [6, 6.07) is 12.6. The zero-order valence-electron chi connectivity index (χ0n) is 12.4. The number of benzene rings is 2. The third-order valence-electron chi connectivity index (χ3n) is 3.27. The Morgan fingerprint density at radius 2 is 1.76 bits per heavy atom. The van der Waals surface area contributed by atoms with Crippen molar-refractivity contribution in [2.75, 3.05) is 12.9 Å². The number of ketones is 1. The number of Topliss-reactive ketones (excluding diaryl/α,β-unsaturated/α-hetero) is 1. The van der Waals surface area contributed by atoms with Crippen molar-refractivity contribution < 1.29 is 13.7 Å². The average Bonchev–Trinajstić information content (AvgIpc) is 2.47. The van der Waals surface area contributed by atoms with Crippen LogP contribution >= 0.6 is 0 Å². The lowest BCUT2D eigenvalue weighted by atomic mass is 10.0. The molecular formula is C17H18O3S. The summed E-state index contributed by atoms with van der Waals surface area (Å²) >= 11 is 0. The normalized spacial score (nSPS) is 12.0. The summed E-state index contributed by atoms with van der Waals surface area (Å²) in [7, 11) is 0.236. The van der Waals surface area contributed by atoms with Gasteiger partial charge in [0.15, 0.2) is 5.78 Å². The molecule has 21 heavy (non-hydrogen) atoms. The topological polar surface area (TPSA) is 43.4 Å². The molecule has 0 bridgehead atoms. The van der Waals surface area contributed by atoms with E-state index in [4.69, 9.17) is 4.74 Å². The molecule has 3 nitrogen and oxygen atoms in total. The van der Waals surface area contributed by atoms with Crippen LogP contribution in [0.3, 0.4) is 0 Å². The molecule has 2 rings (SSSR count). The van der Waals surface area contributed by atoms with E-state index in [1.807, 2.05) is 26.0 Å². The molecule has 0 N–H and O–H groups in total. The number of ether oxygens (including phenoxy) is 1. The largest absolute Gasteiger partial charge is 0.497 e. The van der Waals surface area contributed by atoms with Gasteiger partial charge in [0.2, 0.25) is 0 Å². The molecule has 0 saturated carbocycles. The van der Waals surface area contributed by atoms with Crippen molar-refractivity contribution in [2.24, 2.45) is 0 Å². The number of carbonyl (C=O) groups is 1. The molecule has 0 aromatic heterocycles. The van der Waals surface area contributed by atoms with Gasteiger partial charge in [-0.25, -0.2) is 0 Å². The van der Waals surface area contributed by atoms with Crippen LogP contribution in [-0.2, 0) is 10.8 Å². The molecule has 0 aliphatic rings. The SMILES string of the molecule is COc1ccc(S(=O)CC(=O)c2ccc(C)cc2C)cc1. The maximum Gasteiger partial charge on any atom is 0.175 e. The van der Waals surface area contributed by atoms with Gasteiger partial charge in [0.1, 0.15) is 5.75 Å². The Hall–Kier alpha value is -1.94. The first-order chi connectivity index (χ1) is 10.0. The van der Waals surface area contributed by atoms with Gasteiger partial charge >= 0.3 is 0 Å². The van der Waals surface area contributed by atoms with E-state index >= 15 is 0 Å². The van der Waals surface area contributed by atoms with Crippen LogP contribution in [0.1, 0.15) is 21.5 Å². The van der Waals surface area contributed by atoms with Crippen molar-refractivity contribution in [1.82, 2.24) is 0 Å². The molecule has 0 amide bonds. The van der Waals surface area contributed by atoms with Gasteiger partial charge in [-0.2, -0.15) is 0 Å². The molecule has 0 heterocycles. The predicted octanol–water partition coefficient (Wildman–Crippen LogP) is 3.30. The molecule has 0 spiro atoms. The smallest absolute Gasteiger partial charge is 0.175 e. The van der Waals surface area contributed by atoms with Crippen molar-refractivity contribution in [3.05, 3.63) is 59.2 Å². The van der Waals surface area contributed by atoms with Gasteiger partial charge in [0, 0.05) is 10.5 Å². The molecule has 2 aromatic rings. The predicted molar refractivity (Wildman–Crippen MR) is 84.5 cm³/mol. The van der Waals surface area contributed by atoms with E-state index in [0.29, 0.717) is 16.2 Å². The van der Waals surface area contributed by atoms with Crippen LogP contribution in [0.15, 0.2) is 47.4 Å². The lowest BCUT2D eigenvalue weighted by Crippen LogP contribution is -2.12.